The highest BCUT2D eigenvalue weighted by Crippen LogP contribution is 2.31. The molecule has 6 heteroatoms. The fourth-order valence-electron chi connectivity index (χ4n) is 2.38. The zero-order valence-electron chi connectivity index (χ0n) is 14.1. The lowest BCUT2D eigenvalue weighted by Gasteiger charge is -2.17. The Balaban J connectivity index is 2.22. The van der Waals surface area contributed by atoms with Crippen LogP contribution in [0.3, 0.4) is 0 Å². The molecule has 0 aliphatic rings. The minimum atomic E-state index is -0.477. The maximum absolute atomic E-state index is 13.8. The summed E-state index contributed by atoms with van der Waals surface area (Å²) in [5.41, 5.74) is 0.973. The van der Waals surface area contributed by atoms with E-state index in [0.29, 0.717) is 22.6 Å². The van der Waals surface area contributed by atoms with Gasteiger partial charge in [-0.15, -0.1) is 0 Å². The summed E-state index contributed by atoms with van der Waals surface area (Å²) in [7, 11) is 4.37. The molecule has 2 rings (SSSR count). The van der Waals surface area contributed by atoms with Crippen molar-refractivity contribution in [1.29, 1.82) is 0 Å². The second-order valence-corrected chi connectivity index (χ2v) is 5.13. The van der Waals surface area contributed by atoms with Crippen LogP contribution in [0.1, 0.15) is 28.9 Å². The summed E-state index contributed by atoms with van der Waals surface area (Å²) >= 11 is 0. The van der Waals surface area contributed by atoms with Crippen molar-refractivity contribution in [2.45, 2.75) is 13.0 Å². The Morgan fingerprint density at radius 2 is 1.75 bits per heavy atom. The molecule has 1 N–H and O–H groups in total. The Morgan fingerprint density at radius 1 is 1.04 bits per heavy atom. The molecule has 2 aromatic carbocycles. The number of benzene rings is 2. The number of hydrogen-bond donors (Lipinski definition) is 1. The molecular formula is C18H20FNO4. The Hall–Kier alpha value is -2.76. The lowest BCUT2D eigenvalue weighted by molar-refractivity contribution is 0.0936. The van der Waals surface area contributed by atoms with Gasteiger partial charge in [-0.3, -0.25) is 4.79 Å². The maximum Gasteiger partial charge on any atom is 0.255 e. The molecule has 0 unspecified atom stereocenters. The topological polar surface area (TPSA) is 56.8 Å². The standard InChI is InChI=1S/C18H20FNO4/c1-11(12-8-9-15(22-2)14(19)10-12)20-18(21)13-6-5-7-16(23-3)17(13)24-4/h5-11H,1-4H3,(H,20,21)/t11-/m0/s1. The number of carbonyl (C=O) groups excluding carboxylic acids is 1. The van der Waals surface area contributed by atoms with Gasteiger partial charge < -0.3 is 19.5 Å². The fourth-order valence-corrected chi connectivity index (χ4v) is 2.38. The second-order valence-electron chi connectivity index (χ2n) is 5.13. The van der Waals surface area contributed by atoms with E-state index in [0.717, 1.165) is 0 Å². The highest BCUT2D eigenvalue weighted by molar-refractivity contribution is 5.98. The molecule has 1 amide bonds. The predicted molar refractivity (Wildman–Crippen MR) is 88.4 cm³/mol. The van der Waals surface area contributed by atoms with Crippen molar-refractivity contribution in [2.24, 2.45) is 0 Å². The molecule has 0 saturated heterocycles. The van der Waals surface area contributed by atoms with E-state index in [4.69, 9.17) is 14.2 Å². The Labute approximate surface area is 140 Å². The number of methoxy groups -OCH3 is 3. The summed E-state index contributed by atoms with van der Waals surface area (Å²) in [6.45, 7) is 1.77. The fraction of sp³-hybridized carbons (Fsp3) is 0.278. The van der Waals surface area contributed by atoms with Gasteiger partial charge in [0.05, 0.1) is 32.9 Å². The van der Waals surface area contributed by atoms with Crippen LogP contribution in [0.2, 0.25) is 0 Å². The monoisotopic (exact) mass is 333 g/mol. The number of para-hydroxylation sites is 1. The normalized spacial score (nSPS) is 11.5. The first-order chi connectivity index (χ1) is 11.5. The third-order valence-electron chi connectivity index (χ3n) is 3.67. The van der Waals surface area contributed by atoms with E-state index >= 15 is 0 Å². The highest BCUT2D eigenvalue weighted by atomic mass is 19.1. The number of nitrogens with one attached hydrogen (secondary N) is 1. The molecule has 24 heavy (non-hydrogen) atoms. The smallest absolute Gasteiger partial charge is 0.255 e. The molecule has 0 aliphatic heterocycles. The number of rotatable bonds is 6. The molecular weight excluding hydrogens is 313 g/mol. The van der Waals surface area contributed by atoms with Gasteiger partial charge in [0, 0.05) is 0 Å². The average molecular weight is 333 g/mol. The molecule has 0 spiro atoms. The van der Waals surface area contributed by atoms with Crippen LogP contribution in [0.15, 0.2) is 36.4 Å². The van der Waals surface area contributed by atoms with E-state index < -0.39 is 11.9 Å². The van der Waals surface area contributed by atoms with Crippen LogP contribution in [0.25, 0.3) is 0 Å². The van der Waals surface area contributed by atoms with E-state index in [9.17, 15) is 9.18 Å². The maximum atomic E-state index is 13.8. The average Bonchev–Trinajstić information content (AvgIpc) is 2.60. The van der Waals surface area contributed by atoms with E-state index in [-0.39, 0.29) is 11.7 Å². The van der Waals surface area contributed by atoms with Crippen LogP contribution in [0, 0.1) is 5.82 Å². The van der Waals surface area contributed by atoms with Crippen LogP contribution in [-0.4, -0.2) is 27.2 Å². The van der Waals surface area contributed by atoms with Gasteiger partial charge in [0.2, 0.25) is 0 Å². The third kappa shape index (κ3) is 3.59. The predicted octanol–water partition coefficient (Wildman–Crippen LogP) is 3.34. The summed E-state index contributed by atoms with van der Waals surface area (Å²) in [6, 6.07) is 9.22. The Kier molecular flexibility index (Phi) is 5.63. The first-order valence-corrected chi connectivity index (χ1v) is 7.37. The molecule has 0 bridgehead atoms. The molecule has 0 heterocycles. The van der Waals surface area contributed by atoms with Gasteiger partial charge in [-0.05, 0) is 36.8 Å². The lowest BCUT2D eigenvalue weighted by Crippen LogP contribution is -2.27. The molecule has 1 atom stereocenters. The van der Waals surface area contributed by atoms with Gasteiger partial charge in [0.15, 0.2) is 23.1 Å². The molecule has 5 nitrogen and oxygen atoms in total. The van der Waals surface area contributed by atoms with Crippen LogP contribution in [0.5, 0.6) is 17.2 Å². The summed E-state index contributed by atoms with van der Waals surface area (Å²) < 4.78 is 29.2. The Morgan fingerprint density at radius 3 is 2.33 bits per heavy atom. The Bertz CT molecular complexity index is 733. The number of halogens is 1. The van der Waals surface area contributed by atoms with Gasteiger partial charge >= 0.3 is 0 Å². The van der Waals surface area contributed by atoms with Crippen LogP contribution in [0.4, 0.5) is 4.39 Å². The number of hydrogen-bond acceptors (Lipinski definition) is 4. The number of amides is 1. The second kappa shape index (κ2) is 7.68. The van der Waals surface area contributed by atoms with Crippen molar-refractivity contribution in [1.82, 2.24) is 5.32 Å². The van der Waals surface area contributed by atoms with Gasteiger partial charge in [-0.25, -0.2) is 4.39 Å². The van der Waals surface area contributed by atoms with Gasteiger partial charge in [0.1, 0.15) is 0 Å². The van der Waals surface area contributed by atoms with E-state index in [1.165, 1.54) is 33.5 Å². The highest BCUT2D eigenvalue weighted by Gasteiger charge is 2.19. The van der Waals surface area contributed by atoms with Crippen molar-refractivity contribution in [2.75, 3.05) is 21.3 Å². The molecule has 128 valence electrons. The van der Waals surface area contributed by atoms with Crippen LogP contribution < -0.4 is 19.5 Å². The molecule has 0 saturated carbocycles. The van der Waals surface area contributed by atoms with E-state index in [2.05, 4.69) is 5.32 Å². The van der Waals surface area contributed by atoms with E-state index in [1.54, 1.807) is 31.2 Å². The summed E-state index contributed by atoms with van der Waals surface area (Å²) in [4.78, 5) is 12.5. The lowest BCUT2D eigenvalue weighted by atomic mass is 10.1. The van der Waals surface area contributed by atoms with Gasteiger partial charge in [-0.1, -0.05) is 12.1 Å². The van der Waals surface area contributed by atoms with Gasteiger partial charge in [0.25, 0.3) is 5.91 Å². The minimum Gasteiger partial charge on any atom is -0.494 e. The minimum absolute atomic E-state index is 0.159. The van der Waals surface area contributed by atoms with Crippen molar-refractivity contribution < 1.29 is 23.4 Å². The largest absolute Gasteiger partial charge is 0.494 e. The summed E-state index contributed by atoms with van der Waals surface area (Å²) in [5, 5.41) is 2.82. The first-order valence-electron chi connectivity index (χ1n) is 7.37. The summed E-state index contributed by atoms with van der Waals surface area (Å²) in [6.07, 6.45) is 0. The van der Waals surface area contributed by atoms with E-state index in [1.807, 2.05) is 0 Å². The number of carbonyl (C=O) groups is 1. The molecule has 0 aromatic heterocycles. The molecule has 2 aromatic rings. The van der Waals surface area contributed by atoms with Crippen LogP contribution in [-0.2, 0) is 0 Å². The van der Waals surface area contributed by atoms with Crippen molar-refractivity contribution in [3.05, 3.63) is 53.3 Å². The zero-order chi connectivity index (χ0) is 17.7. The SMILES string of the molecule is COc1ccc([C@H](C)NC(=O)c2cccc(OC)c2OC)cc1F. The zero-order valence-corrected chi connectivity index (χ0v) is 14.1. The molecule has 0 fully saturated rings. The van der Waals surface area contributed by atoms with Crippen LogP contribution >= 0.6 is 0 Å². The van der Waals surface area contributed by atoms with Crippen molar-refractivity contribution in [3.63, 3.8) is 0 Å². The molecule has 0 radical (unpaired) electrons. The number of ether oxygens (including phenoxy) is 3. The quantitative estimate of drug-likeness (QED) is 0.881. The van der Waals surface area contributed by atoms with Gasteiger partial charge in [-0.2, -0.15) is 0 Å². The van der Waals surface area contributed by atoms with Crippen molar-refractivity contribution >= 4 is 5.91 Å². The van der Waals surface area contributed by atoms with Crippen molar-refractivity contribution in [3.8, 4) is 17.2 Å². The summed E-state index contributed by atoms with van der Waals surface area (Å²) in [5.74, 6) is 0.162. The first kappa shape index (κ1) is 17.6. The molecule has 0 aliphatic carbocycles. The third-order valence-corrected chi connectivity index (χ3v) is 3.67.